The fourth-order valence-electron chi connectivity index (χ4n) is 2.31. The van der Waals surface area contributed by atoms with Crippen molar-refractivity contribution in [2.45, 2.75) is 52.1 Å². The molecule has 0 spiro atoms. The monoisotopic (exact) mass is 195 g/mol. The molecule has 0 radical (unpaired) electrons. The fourth-order valence-corrected chi connectivity index (χ4v) is 2.31. The second-order valence-electron chi connectivity index (χ2n) is 4.83. The molecule has 14 heavy (non-hydrogen) atoms. The van der Waals surface area contributed by atoms with E-state index in [4.69, 9.17) is 4.74 Å². The molecule has 1 saturated carbocycles. The molecule has 0 N–H and O–H groups in total. The molecule has 80 valence electrons. The molecule has 0 aromatic rings. The number of rotatable bonds is 3. The van der Waals surface area contributed by atoms with Crippen LogP contribution in [0.5, 0.6) is 0 Å². The predicted molar refractivity (Wildman–Crippen MR) is 56.8 cm³/mol. The Labute approximate surface area is 87.3 Å². The van der Waals surface area contributed by atoms with E-state index < -0.39 is 0 Å². The number of methoxy groups -OCH3 is 1. The van der Waals surface area contributed by atoms with E-state index in [2.05, 4.69) is 19.9 Å². The molecule has 1 fully saturated rings. The lowest BCUT2D eigenvalue weighted by atomic mass is 9.69. The molecule has 1 aliphatic carbocycles. The second-order valence-corrected chi connectivity index (χ2v) is 4.83. The van der Waals surface area contributed by atoms with Gasteiger partial charge >= 0.3 is 0 Å². The van der Waals surface area contributed by atoms with E-state index in [1.807, 2.05) is 0 Å². The molecule has 0 aromatic heterocycles. The second kappa shape index (κ2) is 4.79. The zero-order chi connectivity index (χ0) is 10.6. The lowest BCUT2D eigenvalue weighted by Crippen LogP contribution is -2.29. The average Bonchev–Trinajstić information content (AvgIpc) is 2.22. The molecule has 1 unspecified atom stereocenters. The Morgan fingerprint density at radius 1 is 1.50 bits per heavy atom. The van der Waals surface area contributed by atoms with Crippen molar-refractivity contribution in [2.24, 2.45) is 11.3 Å². The number of nitrogens with zero attached hydrogens (tertiary/aromatic N) is 1. The van der Waals surface area contributed by atoms with Crippen LogP contribution in [0.1, 0.15) is 46.0 Å². The third kappa shape index (κ3) is 2.72. The Morgan fingerprint density at radius 3 is 2.50 bits per heavy atom. The van der Waals surface area contributed by atoms with Gasteiger partial charge in [-0.2, -0.15) is 5.26 Å². The number of ether oxygens (including phenoxy) is 1. The van der Waals surface area contributed by atoms with Gasteiger partial charge in [-0.15, -0.1) is 0 Å². The van der Waals surface area contributed by atoms with E-state index in [9.17, 15) is 5.26 Å². The summed E-state index contributed by atoms with van der Waals surface area (Å²) in [4.78, 5) is 0. The Hall–Kier alpha value is -0.550. The molecule has 0 saturated heterocycles. The molecular formula is C12H21NO. The molecular weight excluding hydrogens is 174 g/mol. The Bertz CT molecular complexity index is 211. The molecule has 0 heterocycles. The topological polar surface area (TPSA) is 33.0 Å². The highest BCUT2D eigenvalue weighted by Crippen LogP contribution is 2.41. The third-order valence-corrected chi connectivity index (χ3v) is 3.55. The molecule has 0 bridgehead atoms. The van der Waals surface area contributed by atoms with E-state index in [0.717, 1.165) is 25.2 Å². The fraction of sp³-hybridized carbons (Fsp3) is 0.917. The highest BCUT2D eigenvalue weighted by atomic mass is 16.5. The van der Waals surface area contributed by atoms with Gasteiger partial charge in [-0.1, -0.05) is 6.92 Å². The van der Waals surface area contributed by atoms with Gasteiger partial charge in [0.15, 0.2) is 0 Å². The normalized spacial score (nSPS) is 34.9. The van der Waals surface area contributed by atoms with Crippen molar-refractivity contribution >= 4 is 0 Å². The summed E-state index contributed by atoms with van der Waals surface area (Å²) in [6.07, 6.45) is 5.61. The largest absolute Gasteiger partial charge is 0.382 e. The van der Waals surface area contributed by atoms with E-state index in [1.165, 1.54) is 12.8 Å². The van der Waals surface area contributed by atoms with Gasteiger partial charge in [-0.05, 0) is 44.9 Å². The van der Waals surface area contributed by atoms with Gasteiger partial charge in [0.05, 0.1) is 17.6 Å². The van der Waals surface area contributed by atoms with Crippen molar-refractivity contribution in [1.82, 2.24) is 0 Å². The van der Waals surface area contributed by atoms with E-state index in [1.54, 1.807) is 7.11 Å². The maximum atomic E-state index is 9.27. The molecule has 2 heteroatoms. The van der Waals surface area contributed by atoms with Crippen LogP contribution in [0.3, 0.4) is 0 Å². The molecule has 0 aromatic carbocycles. The maximum Gasteiger partial charge on any atom is 0.0690 e. The SMILES string of the molecule is COC(C)CC1(C#N)CCC(C)CC1. The van der Waals surface area contributed by atoms with Crippen molar-refractivity contribution in [1.29, 1.82) is 5.26 Å². The summed E-state index contributed by atoms with van der Waals surface area (Å²) < 4.78 is 5.26. The van der Waals surface area contributed by atoms with Crippen molar-refractivity contribution in [3.05, 3.63) is 0 Å². The van der Waals surface area contributed by atoms with Crippen LogP contribution >= 0.6 is 0 Å². The minimum Gasteiger partial charge on any atom is -0.382 e. The van der Waals surface area contributed by atoms with Crippen LogP contribution in [-0.2, 0) is 4.74 Å². The van der Waals surface area contributed by atoms with Gasteiger partial charge in [-0.25, -0.2) is 0 Å². The zero-order valence-corrected chi connectivity index (χ0v) is 9.55. The Morgan fingerprint density at radius 2 is 2.07 bits per heavy atom. The summed E-state index contributed by atoms with van der Waals surface area (Å²) in [6.45, 7) is 4.33. The predicted octanol–water partition coefficient (Wildman–Crippen LogP) is 3.13. The maximum absolute atomic E-state index is 9.27. The van der Waals surface area contributed by atoms with Crippen LogP contribution in [0.25, 0.3) is 0 Å². The Kier molecular flexibility index (Phi) is 3.95. The first-order valence-corrected chi connectivity index (χ1v) is 5.56. The first kappa shape index (κ1) is 11.5. The number of hydrogen-bond donors (Lipinski definition) is 0. The quantitative estimate of drug-likeness (QED) is 0.693. The zero-order valence-electron chi connectivity index (χ0n) is 9.55. The molecule has 0 aliphatic heterocycles. The number of nitriles is 1. The summed E-state index contributed by atoms with van der Waals surface area (Å²) in [7, 11) is 1.72. The van der Waals surface area contributed by atoms with Crippen molar-refractivity contribution < 1.29 is 4.74 Å². The molecule has 1 aliphatic rings. The number of hydrogen-bond acceptors (Lipinski definition) is 2. The van der Waals surface area contributed by atoms with Crippen LogP contribution in [0.4, 0.5) is 0 Å². The summed E-state index contributed by atoms with van der Waals surface area (Å²) in [5.41, 5.74) is -0.0953. The smallest absolute Gasteiger partial charge is 0.0690 e. The lowest BCUT2D eigenvalue weighted by Gasteiger charge is -2.35. The first-order valence-electron chi connectivity index (χ1n) is 5.56. The molecule has 2 nitrogen and oxygen atoms in total. The minimum absolute atomic E-state index is 0.0953. The van der Waals surface area contributed by atoms with E-state index >= 15 is 0 Å². The molecule has 0 amide bonds. The highest BCUT2D eigenvalue weighted by Gasteiger charge is 2.35. The minimum atomic E-state index is -0.0953. The average molecular weight is 195 g/mol. The molecule has 1 rings (SSSR count). The summed E-state index contributed by atoms with van der Waals surface area (Å²) in [5.74, 6) is 0.800. The van der Waals surface area contributed by atoms with Crippen LogP contribution in [0, 0.1) is 22.7 Å². The molecule has 1 atom stereocenters. The van der Waals surface area contributed by atoms with Crippen molar-refractivity contribution in [2.75, 3.05) is 7.11 Å². The van der Waals surface area contributed by atoms with E-state index in [-0.39, 0.29) is 11.5 Å². The van der Waals surface area contributed by atoms with Crippen LogP contribution in [0.15, 0.2) is 0 Å². The van der Waals surface area contributed by atoms with Crippen molar-refractivity contribution in [3.8, 4) is 6.07 Å². The third-order valence-electron chi connectivity index (χ3n) is 3.55. The summed E-state index contributed by atoms with van der Waals surface area (Å²) in [5, 5.41) is 9.27. The standard InChI is InChI=1S/C12H21NO/c1-10-4-6-12(9-13,7-5-10)8-11(2)14-3/h10-11H,4-8H2,1-3H3. The Balaban J connectivity index is 2.55. The summed E-state index contributed by atoms with van der Waals surface area (Å²) >= 11 is 0. The van der Waals surface area contributed by atoms with Crippen LogP contribution in [-0.4, -0.2) is 13.2 Å². The van der Waals surface area contributed by atoms with Gasteiger partial charge in [0, 0.05) is 7.11 Å². The van der Waals surface area contributed by atoms with Gasteiger partial charge in [0.1, 0.15) is 0 Å². The van der Waals surface area contributed by atoms with Gasteiger partial charge in [-0.3, -0.25) is 0 Å². The lowest BCUT2D eigenvalue weighted by molar-refractivity contribution is 0.0631. The van der Waals surface area contributed by atoms with Gasteiger partial charge in [0.25, 0.3) is 0 Å². The van der Waals surface area contributed by atoms with Crippen LogP contribution < -0.4 is 0 Å². The van der Waals surface area contributed by atoms with Gasteiger partial charge in [0.2, 0.25) is 0 Å². The first-order chi connectivity index (χ1) is 6.62. The van der Waals surface area contributed by atoms with Crippen LogP contribution in [0.2, 0.25) is 0 Å². The van der Waals surface area contributed by atoms with Gasteiger partial charge < -0.3 is 4.74 Å². The highest BCUT2D eigenvalue weighted by molar-refractivity contribution is 5.02. The van der Waals surface area contributed by atoms with E-state index in [0.29, 0.717) is 0 Å². The van der Waals surface area contributed by atoms with Crippen molar-refractivity contribution in [3.63, 3.8) is 0 Å². The summed E-state index contributed by atoms with van der Waals surface area (Å²) in [6, 6.07) is 2.52.